The Morgan fingerprint density at radius 1 is 1.26 bits per heavy atom. The fraction of sp³-hybridized carbons (Fsp3) is 0.471. The molecule has 0 bridgehead atoms. The molecule has 0 unspecified atom stereocenters. The zero-order valence-electron chi connectivity index (χ0n) is 13.5. The minimum atomic E-state index is -0.159. The first kappa shape index (κ1) is 15.5. The highest BCUT2D eigenvalue weighted by molar-refractivity contribution is 5.73. The fourth-order valence-electron chi connectivity index (χ4n) is 3.09. The molecule has 1 fully saturated rings. The molecule has 2 amide bonds. The average Bonchev–Trinajstić information content (AvgIpc) is 3.23. The van der Waals surface area contributed by atoms with E-state index in [1.807, 2.05) is 19.1 Å². The predicted octanol–water partition coefficient (Wildman–Crippen LogP) is 2.88. The molecule has 1 aliphatic rings. The van der Waals surface area contributed by atoms with Gasteiger partial charge in [-0.05, 0) is 38.0 Å². The van der Waals surface area contributed by atoms with Crippen molar-refractivity contribution in [1.82, 2.24) is 25.4 Å². The molecule has 1 saturated carbocycles. The Morgan fingerprint density at radius 3 is 2.70 bits per heavy atom. The summed E-state index contributed by atoms with van der Waals surface area (Å²) in [5.41, 5.74) is 3.10. The predicted molar refractivity (Wildman–Crippen MR) is 88.9 cm³/mol. The number of carbonyl (C=O) groups excluding carboxylic acids is 1. The zero-order chi connectivity index (χ0) is 16.1. The molecule has 6 heteroatoms. The van der Waals surface area contributed by atoms with E-state index in [4.69, 9.17) is 5.10 Å². The van der Waals surface area contributed by atoms with Crippen LogP contribution in [0.5, 0.6) is 0 Å². The van der Waals surface area contributed by atoms with Crippen molar-refractivity contribution in [3.63, 3.8) is 0 Å². The van der Waals surface area contributed by atoms with Crippen LogP contribution in [-0.4, -0.2) is 27.3 Å². The fourth-order valence-corrected chi connectivity index (χ4v) is 3.09. The van der Waals surface area contributed by atoms with E-state index < -0.39 is 0 Å². The molecule has 0 aliphatic heterocycles. The maximum Gasteiger partial charge on any atom is 0.315 e. The van der Waals surface area contributed by atoms with E-state index in [9.17, 15) is 4.79 Å². The normalized spacial score (nSPS) is 14.8. The number of hydrogen-bond acceptors (Lipinski definition) is 3. The van der Waals surface area contributed by atoms with E-state index in [0.29, 0.717) is 19.1 Å². The second-order valence-corrected chi connectivity index (χ2v) is 5.85. The van der Waals surface area contributed by atoms with Crippen molar-refractivity contribution in [1.29, 1.82) is 0 Å². The van der Waals surface area contributed by atoms with Gasteiger partial charge >= 0.3 is 6.03 Å². The maximum absolute atomic E-state index is 11.6. The van der Waals surface area contributed by atoms with E-state index >= 15 is 0 Å². The Hall–Kier alpha value is -2.37. The third-order valence-corrected chi connectivity index (χ3v) is 4.20. The monoisotopic (exact) mass is 313 g/mol. The van der Waals surface area contributed by atoms with Crippen molar-refractivity contribution in [2.45, 2.75) is 45.2 Å². The standard InChI is InChI=1S/C17H23N5O/c1-2-19-17(23)20-12-14-11-16(13-7-9-18-10-8-13)22(21-14)15-5-3-4-6-15/h7-11,15H,2-6,12H2,1H3,(H2,19,20,23). The summed E-state index contributed by atoms with van der Waals surface area (Å²) in [7, 11) is 0. The lowest BCUT2D eigenvalue weighted by Crippen LogP contribution is -2.34. The van der Waals surface area contributed by atoms with Crippen LogP contribution in [0.15, 0.2) is 30.6 Å². The van der Waals surface area contributed by atoms with Gasteiger partial charge in [0.1, 0.15) is 0 Å². The molecule has 2 heterocycles. The number of pyridine rings is 1. The van der Waals surface area contributed by atoms with Crippen LogP contribution in [0.2, 0.25) is 0 Å². The first-order chi connectivity index (χ1) is 11.3. The summed E-state index contributed by atoms with van der Waals surface area (Å²) in [5.74, 6) is 0. The lowest BCUT2D eigenvalue weighted by atomic mass is 10.1. The molecule has 0 aromatic carbocycles. The third-order valence-electron chi connectivity index (χ3n) is 4.20. The summed E-state index contributed by atoms with van der Waals surface area (Å²) in [6.07, 6.45) is 8.45. The van der Waals surface area contributed by atoms with Gasteiger partial charge in [-0.2, -0.15) is 5.10 Å². The second-order valence-electron chi connectivity index (χ2n) is 5.85. The molecular formula is C17H23N5O. The summed E-state index contributed by atoms with van der Waals surface area (Å²) in [4.78, 5) is 15.7. The number of hydrogen-bond donors (Lipinski definition) is 2. The van der Waals surface area contributed by atoms with E-state index in [-0.39, 0.29) is 6.03 Å². The molecule has 6 nitrogen and oxygen atoms in total. The number of nitrogens with one attached hydrogen (secondary N) is 2. The lowest BCUT2D eigenvalue weighted by molar-refractivity contribution is 0.241. The molecule has 1 aliphatic carbocycles. The molecule has 0 atom stereocenters. The molecule has 2 aromatic rings. The number of carbonyl (C=O) groups is 1. The smallest absolute Gasteiger partial charge is 0.315 e. The van der Waals surface area contributed by atoms with E-state index in [0.717, 1.165) is 17.0 Å². The van der Waals surface area contributed by atoms with Crippen molar-refractivity contribution < 1.29 is 4.79 Å². The number of rotatable bonds is 5. The largest absolute Gasteiger partial charge is 0.338 e. The maximum atomic E-state index is 11.6. The summed E-state index contributed by atoms with van der Waals surface area (Å²) in [6, 6.07) is 6.37. The first-order valence-electron chi connectivity index (χ1n) is 8.28. The Balaban J connectivity index is 1.83. The lowest BCUT2D eigenvalue weighted by Gasteiger charge is -2.14. The Bertz CT molecular complexity index is 646. The van der Waals surface area contributed by atoms with Crippen LogP contribution in [0.4, 0.5) is 4.79 Å². The van der Waals surface area contributed by atoms with E-state index in [1.165, 1.54) is 25.7 Å². The molecular weight excluding hydrogens is 290 g/mol. The summed E-state index contributed by atoms with van der Waals surface area (Å²) in [6.45, 7) is 2.95. The highest BCUT2D eigenvalue weighted by atomic mass is 16.2. The van der Waals surface area contributed by atoms with Crippen LogP contribution >= 0.6 is 0 Å². The number of aromatic nitrogens is 3. The highest BCUT2D eigenvalue weighted by Crippen LogP contribution is 2.33. The highest BCUT2D eigenvalue weighted by Gasteiger charge is 2.22. The van der Waals surface area contributed by atoms with Gasteiger partial charge in [-0.15, -0.1) is 0 Å². The van der Waals surface area contributed by atoms with Gasteiger partial charge in [-0.3, -0.25) is 9.67 Å². The number of urea groups is 1. The van der Waals surface area contributed by atoms with Crippen molar-refractivity contribution in [3.05, 3.63) is 36.3 Å². The quantitative estimate of drug-likeness (QED) is 0.891. The van der Waals surface area contributed by atoms with Crippen LogP contribution in [0.1, 0.15) is 44.3 Å². The van der Waals surface area contributed by atoms with Gasteiger partial charge in [0.15, 0.2) is 0 Å². The van der Waals surface area contributed by atoms with Crippen molar-refractivity contribution in [2.75, 3.05) is 6.54 Å². The molecule has 0 saturated heterocycles. The van der Waals surface area contributed by atoms with Crippen LogP contribution in [0, 0.1) is 0 Å². The van der Waals surface area contributed by atoms with Crippen LogP contribution in [0.3, 0.4) is 0 Å². The van der Waals surface area contributed by atoms with Crippen LogP contribution < -0.4 is 10.6 Å². The topological polar surface area (TPSA) is 71.8 Å². The minimum absolute atomic E-state index is 0.159. The van der Waals surface area contributed by atoms with Crippen molar-refractivity contribution in [3.8, 4) is 11.3 Å². The summed E-state index contributed by atoms with van der Waals surface area (Å²) < 4.78 is 2.14. The first-order valence-corrected chi connectivity index (χ1v) is 8.28. The Labute approximate surface area is 136 Å². The van der Waals surface area contributed by atoms with Crippen molar-refractivity contribution >= 4 is 6.03 Å². The molecule has 2 N–H and O–H groups in total. The minimum Gasteiger partial charge on any atom is -0.338 e. The van der Waals surface area contributed by atoms with E-state index in [1.54, 1.807) is 12.4 Å². The van der Waals surface area contributed by atoms with Gasteiger partial charge in [0.05, 0.1) is 24.0 Å². The number of amides is 2. The van der Waals surface area contributed by atoms with Crippen LogP contribution in [-0.2, 0) is 6.54 Å². The van der Waals surface area contributed by atoms with Crippen molar-refractivity contribution in [2.24, 2.45) is 0 Å². The SMILES string of the molecule is CCNC(=O)NCc1cc(-c2ccncc2)n(C2CCCC2)n1. The van der Waals surface area contributed by atoms with Gasteiger partial charge < -0.3 is 10.6 Å². The van der Waals surface area contributed by atoms with Gasteiger partial charge in [-0.1, -0.05) is 12.8 Å². The van der Waals surface area contributed by atoms with Crippen LogP contribution in [0.25, 0.3) is 11.3 Å². The Morgan fingerprint density at radius 2 is 2.00 bits per heavy atom. The molecule has 2 aromatic heterocycles. The molecule has 23 heavy (non-hydrogen) atoms. The van der Waals surface area contributed by atoms with E-state index in [2.05, 4.69) is 26.4 Å². The van der Waals surface area contributed by atoms with Gasteiger partial charge in [0, 0.05) is 24.5 Å². The van der Waals surface area contributed by atoms with Gasteiger partial charge in [-0.25, -0.2) is 4.79 Å². The zero-order valence-corrected chi connectivity index (χ0v) is 13.5. The molecule has 0 spiro atoms. The average molecular weight is 313 g/mol. The third kappa shape index (κ3) is 3.70. The molecule has 122 valence electrons. The van der Waals surface area contributed by atoms with Gasteiger partial charge in [0.25, 0.3) is 0 Å². The Kier molecular flexibility index (Phi) is 4.90. The number of nitrogens with zero attached hydrogens (tertiary/aromatic N) is 3. The molecule has 3 rings (SSSR count). The van der Waals surface area contributed by atoms with Gasteiger partial charge in [0.2, 0.25) is 0 Å². The summed E-state index contributed by atoms with van der Waals surface area (Å²) >= 11 is 0. The summed E-state index contributed by atoms with van der Waals surface area (Å²) in [5, 5.41) is 10.3. The molecule has 0 radical (unpaired) electrons. The second kappa shape index (κ2) is 7.26.